The van der Waals surface area contributed by atoms with Crippen LogP contribution in [0.2, 0.25) is 0 Å². The van der Waals surface area contributed by atoms with E-state index < -0.39 is 5.41 Å². The van der Waals surface area contributed by atoms with Crippen LogP contribution in [0.25, 0.3) is 0 Å². The largest absolute Gasteiger partial charge is 0.353 e. The standard InChI is InChI=1S/C14H23N3O/c1-12(17-8-3-2-4-9-17)10-16-13(18)14(11-15)6-5-7-14/h12H,2-10H2,1H3,(H,16,18). The Bertz CT molecular complexity index is 337. The van der Waals surface area contributed by atoms with Crippen molar-refractivity contribution in [1.82, 2.24) is 10.2 Å². The summed E-state index contributed by atoms with van der Waals surface area (Å²) in [6.45, 7) is 5.11. The molecule has 0 radical (unpaired) electrons. The molecule has 1 atom stereocenters. The average molecular weight is 249 g/mol. The number of nitriles is 1. The third-order valence-electron chi connectivity index (χ3n) is 4.43. The van der Waals surface area contributed by atoms with Gasteiger partial charge in [0.1, 0.15) is 5.41 Å². The summed E-state index contributed by atoms with van der Waals surface area (Å²) in [7, 11) is 0. The summed E-state index contributed by atoms with van der Waals surface area (Å²) < 4.78 is 0. The SMILES string of the molecule is CC(CNC(=O)C1(C#N)CCC1)N1CCCCC1. The molecular formula is C14H23N3O. The zero-order valence-corrected chi connectivity index (χ0v) is 11.2. The minimum atomic E-state index is -0.707. The minimum Gasteiger partial charge on any atom is -0.353 e. The molecule has 18 heavy (non-hydrogen) atoms. The lowest BCUT2D eigenvalue weighted by Gasteiger charge is -2.36. The van der Waals surface area contributed by atoms with Crippen molar-refractivity contribution in [2.45, 2.75) is 51.5 Å². The quantitative estimate of drug-likeness (QED) is 0.824. The molecule has 1 unspecified atom stereocenters. The van der Waals surface area contributed by atoms with Crippen molar-refractivity contribution in [2.75, 3.05) is 19.6 Å². The molecule has 1 saturated carbocycles. The molecule has 0 aromatic heterocycles. The van der Waals surface area contributed by atoms with Crippen LogP contribution in [0.4, 0.5) is 0 Å². The molecule has 1 saturated heterocycles. The minimum absolute atomic E-state index is 0.0555. The lowest BCUT2D eigenvalue weighted by atomic mass is 9.69. The van der Waals surface area contributed by atoms with Gasteiger partial charge in [-0.05, 0) is 52.1 Å². The van der Waals surface area contributed by atoms with Gasteiger partial charge in [0, 0.05) is 12.6 Å². The van der Waals surface area contributed by atoms with Crippen LogP contribution in [0.15, 0.2) is 0 Å². The Morgan fingerprint density at radius 1 is 1.33 bits per heavy atom. The van der Waals surface area contributed by atoms with Gasteiger partial charge in [0.15, 0.2) is 0 Å². The summed E-state index contributed by atoms with van der Waals surface area (Å²) in [6.07, 6.45) is 6.32. The fraction of sp³-hybridized carbons (Fsp3) is 0.857. The zero-order chi connectivity index (χ0) is 13.0. The first kappa shape index (κ1) is 13.4. The molecule has 2 aliphatic rings. The number of carbonyl (C=O) groups excluding carboxylic acids is 1. The van der Waals surface area contributed by atoms with Crippen LogP contribution >= 0.6 is 0 Å². The molecule has 0 aromatic rings. The Labute approximate surface area is 109 Å². The van der Waals surface area contributed by atoms with Gasteiger partial charge >= 0.3 is 0 Å². The summed E-state index contributed by atoms with van der Waals surface area (Å²) in [5.74, 6) is -0.0555. The second-order valence-electron chi connectivity index (χ2n) is 5.70. The Kier molecular flexibility index (Phi) is 4.23. The molecular weight excluding hydrogens is 226 g/mol. The number of piperidine rings is 1. The number of carbonyl (C=O) groups is 1. The monoisotopic (exact) mass is 249 g/mol. The van der Waals surface area contributed by atoms with Gasteiger partial charge in [-0.1, -0.05) is 6.42 Å². The van der Waals surface area contributed by atoms with Crippen LogP contribution in [0, 0.1) is 16.7 Å². The van der Waals surface area contributed by atoms with Gasteiger partial charge < -0.3 is 5.32 Å². The van der Waals surface area contributed by atoms with Crippen LogP contribution in [0.1, 0.15) is 45.4 Å². The van der Waals surface area contributed by atoms with Gasteiger partial charge in [0.25, 0.3) is 0 Å². The van der Waals surface area contributed by atoms with Crippen LogP contribution in [-0.4, -0.2) is 36.5 Å². The van der Waals surface area contributed by atoms with E-state index >= 15 is 0 Å². The van der Waals surface area contributed by atoms with Gasteiger partial charge in [-0.3, -0.25) is 9.69 Å². The summed E-state index contributed by atoms with van der Waals surface area (Å²) in [6, 6.07) is 2.57. The first-order valence-corrected chi connectivity index (χ1v) is 7.11. The van der Waals surface area contributed by atoms with E-state index in [2.05, 4.69) is 23.2 Å². The van der Waals surface area contributed by atoms with Crippen LogP contribution in [0.5, 0.6) is 0 Å². The lowest BCUT2D eigenvalue weighted by molar-refractivity contribution is -0.132. The average Bonchev–Trinajstić information content (AvgIpc) is 2.36. The van der Waals surface area contributed by atoms with Crippen molar-refractivity contribution in [3.63, 3.8) is 0 Å². The Morgan fingerprint density at radius 3 is 2.50 bits per heavy atom. The van der Waals surface area contributed by atoms with E-state index in [4.69, 9.17) is 5.26 Å². The highest BCUT2D eigenvalue weighted by molar-refractivity contribution is 5.86. The fourth-order valence-electron chi connectivity index (χ4n) is 2.82. The number of nitrogens with one attached hydrogen (secondary N) is 1. The molecule has 1 aliphatic carbocycles. The molecule has 2 fully saturated rings. The van der Waals surface area contributed by atoms with Gasteiger partial charge in [0.05, 0.1) is 6.07 Å². The first-order valence-electron chi connectivity index (χ1n) is 7.11. The molecule has 1 heterocycles. The van der Waals surface area contributed by atoms with Gasteiger partial charge in [-0.25, -0.2) is 0 Å². The topological polar surface area (TPSA) is 56.1 Å². The van der Waals surface area contributed by atoms with Crippen LogP contribution in [0.3, 0.4) is 0 Å². The van der Waals surface area contributed by atoms with E-state index in [-0.39, 0.29) is 5.91 Å². The number of rotatable bonds is 4. The Hall–Kier alpha value is -1.08. The zero-order valence-electron chi connectivity index (χ0n) is 11.2. The molecule has 4 heteroatoms. The van der Waals surface area contributed by atoms with Crippen molar-refractivity contribution in [3.8, 4) is 6.07 Å². The van der Waals surface area contributed by atoms with Gasteiger partial charge in [-0.2, -0.15) is 5.26 Å². The van der Waals surface area contributed by atoms with E-state index in [0.29, 0.717) is 12.6 Å². The number of nitrogens with zero attached hydrogens (tertiary/aromatic N) is 2. The molecule has 4 nitrogen and oxygen atoms in total. The maximum atomic E-state index is 12.0. The molecule has 100 valence electrons. The predicted octanol–water partition coefficient (Wildman–Crippen LogP) is 1.67. The maximum Gasteiger partial charge on any atom is 0.240 e. The number of hydrogen-bond acceptors (Lipinski definition) is 3. The van der Waals surface area contributed by atoms with E-state index in [1.807, 2.05) is 0 Å². The molecule has 0 spiro atoms. The van der Waals surface area contributed by atoms with Crippen molar-refractivity contribution < 1.29 is 4.79 Å². The third kappa shape index (κ3) is 2.67. The van der Waals surface area contributed by atoms with Crippen molar-refractivity contribution in [3.05, 3.63) is 0 Å². The van der Waals surface area contributed by atoms with Crippen LogP contribution < -0.4 is 5.32 Å². The maximum absolute atomic E-state index is 12.0. The molecule has 2 rings (SSSR count). The number of hydrogen-bond donors (Lipinski definition) is 1. The second-order valence-corrected chi connectivity index (χ2v) is 5.70. The molecule has 1 amide bonds. The highest BCUT2D eigenvalue weighted by Crippen LogP contribution is 2.40. The van der Waals surface area contributed by atoms with E-state index in [1.54, 1.807) is 0 Å². The summed E-state index contributed by atoms with van der Waals surface area (Å²) in [5.41, 5.74) is -0.707. The third-order valence-corrected chi connectivity index (χ3v) is 4.43. The molecule has 1 aliphatic heterocycles. The van der Waals surface area contributed by atoms with Gasteiger partial charge in [-0.15, -0.1) is 0 Å². The summed E-state index contributed by atoms with van der Waals surface area (Å²) >= 11 is 0. The highest BCUT2D eigenvalue weighted by Gasteiger charge is 2.44. The second kappa shape index (κ2) is 5.71. The van der Waals surface area contributed by atoms with E-state index in [0.717, 1.165) is 32.4 Å². The summed E-state index contributed by atoms with van der Waals surface area (Å²) in [5, 5.41) is 12.1. The number of likely N-dealkylation sites (tertiary alicyclic amines) is 1. The summed E-state index contributed by atoms with van der Waals surface area (Å²) in [4.78, 5) is 14.4. The molecule has 1 N–H and O–H groups in total. The van der Waals surface area contributed by atoms with E-state index in [9.17, 15) is 4.79 Å². The smallest absolute Gasteiger partial charge is 0.240 e. The molecule has 0 aromatic carbocycles. The van der Waals surface area contributed by atoms with Crippen molar-refractivity contribution in [1.29, 1.82) is 5.26 Å². The highest BCUT2D eigenvalue weighted by atomic mass is 16.2. The lowest BCUT2D eigenvalue weighted by Crippen LogP contribution is -2.50. The first-order chi connectivity index (χ1) is 8.68. The Morgan fingerprint density at radius 2 is 2.00 bits per heavy atom. The fourth-order valence-corrected chi connectivity index (χ4v) is 2.82. The van der Waals surface area contributed by atoms with E-state index in [1.165, 1.54) is 19.3 Å². The van der Waals surface area contributed by atoms with Crippen molar-refractivity contribution in [2.24, 2.45) is 5.41 Å². The number of amides is 1. The normalized spacial score (nSPS) is 24.7. The van der Waals surface area contributed by atoms with Crippen molar-refractivity contribution >= 4 is 5.91 Å². The van der Waals surface area contributed by atoms with Gasteiger partial charge in [0.2, 0.25) is 5.91 Å². The van der Waals surface area contributed by atoms with Crippen LogP contribution in [-0.2, 0) is 4.79 Å². The Balaban J connectivity index is 1.77. The predicted molar refractivity (Wildman–Crippen MR) is 69.8 cm³/mol. The molecule has 0 bridgehead atoms.